The summed E-state index contributed by atoms with van der Waals surface area (Å²) in [6, 6.07) is 11.4. The standard InChI is InChI=1S/C23H28ClFN2O2/c1-5-21(23(29)26-15(2)3)27(14-17-11-9-16(4)10-12-17)22(28)13-18-19(24)7-6-8-20(18)25/h6-12,15,21H,5,13-14H2,1-4H3,(H,26,29)/t21-/m1/s1. The van der Waals surface area contributed by atoms with Gasteiger partial charge in [0.05, 0.1) is 6.42 Å². The average molecular weight is 419 g/mol. The molecular formula is C23H28ClFN2O2. The molecule has 0 unspecified atom stereocenters. The van der Waals surface area contributed by atoms with Crippen LogP contribution in [0.1, 0.15) is 43.9 Å². The Balaban J connectivity index is 2.34. The van der Waals surface area contributed by atoms with Crippen LogP contribution in [0.15, 0.2) is 42.5 Å². The van der Waals surface area contributed by atoms with Gasteiger partial charge in [-0.3, -0.25) is 9.59 Å². The first kappa shape index (κ1) is 22.9. The predicted octanol–water partition coefficient (Wildman–Crippen LogP) is 4.66. The van der Waals surface area contributed by atoms with E-state index in [1.165, 1.54) is 17.0 Å². The summed E-state index contributed by atoms with van der Waals surface area (Å²) in [6.07, 6.45) is 0.240. The van der Waals surface area contributed by atoms with E-state index in [1.807, 2.05) is 52.0 Å². The number of hydrogen-bond donors (Lipinski definition) is 1. The summed E-state index contributed by atoms with van der Waals surface area (Å²) in [7, 11) is 0. The van der Waals surface area contributed by atoms with Crippen LogP contribution >= 0.6 is 11.6 Å². The van der Waals surface area contributed by atoms with Crippen LogP contribution in [0, 0.1) is 12.7 Å². The molecule has 0 aromatic heterocycles. The minimum atomic E-state index is -0.656. The lowest BCUT2D eigenvalue weighted by atomic mass is 10.1. The first-order valence-electron chi connectivity index (χ1n) is 9.81. The zero-order valence-electron chi connectivity index (χ0n) is 17.3. The van der Waals surface area contributed by atoms with Crippen LogP contribution in [0.25, 0.3) is 0 Å². The third-order valence-corrected chi connectivity index (χ3v) is 5.03. The second-order valence-electron chi connectivity index (χ2n) is 7.47. The zero-order valence-corrected chi connectivity index (χ0v) is 18.1. The smallest absolute Gasteiger partial charge is 0.243 e. The summed E-state index contributed by atoms with van der Waals surface area (Å²) in [6.45, 7) is 7.84. The third-order valence-electron chi connectivity index (χ3n) is 4.68. The number of nitrogens with zero attached hydrogens (tertiary/aromatic N) is 1. The highest BCUT2D eigenvalue weighted by Gasteiger charge is 2.29. The molecule has 156 valence electrons. The summed E-state index contributed by atoms with van der Waals surface area (Å²) in [5.74, 6) is -1.09. The van der Waals surface area contributed by atoms with Gasteiger partial charge in [-0.05, 0) is 44.9 Å². The summed E-state index contributed by atoms with van der Waals surface area (Å²) < 4.78 is 14.2. The highest BCUT2D eigenvalue weighted by molar-refractivity contribution is 6.31. The van der Waals surface area contributed by atoms with Crippen LogP contribution in [0.3, 0.4) is 0 Å². The fourth-order valence-electron chi connectivity index (χ4n) is 3.14. The van der Waals surface area contributed by atoms with Crippen molar-refractivity contribution in [2.24, 2.45) is 0 Å². The van der Waals surface area contributed by atoms with E-state index >= 15 is 0 Å². The first-order valence-corrected chi connectivity index (χ1v) is 10.2. The van der Waals surface area contributed by atoms with Crippen LogP contribution < -0.4 is 5.32 Å². The first-order chi connectivity index (χ1) is 13.7. The van der Waals surface area contributed by atoms with Gasteiger partial charge in [-0.25, -0.2) is 4.39 Å². The molecule has 2 amide bonds. The molecule has 0 fully saturated rings. The second-order valence-corrected chi connectivity index (χ2v) is 7.88. The molecule has 29 heavy (non-hydrogen) atoms. The van der Waals surface area contributed by atoms with Gasteiger partial charge < -0.3 is 10.2 Å². The quantitative estimate of drug-likeness (QED) is 0.677. The van der Waals surface area contributed by atoms with Gasteiger partial charge in [0.15, 0.2) is 0 Å². The lowest BCUT2D eigenvalue weighted by Gasteiger charge is -2.31. The van der Waals surface area contributed by atoms with Gasteiger partial charge in [0.1, 0.15) is 11.9 Å². The topological polar surface area (TPSA) is 49.4 Å². The number of nitrogens with one attached hydrogen (secondary N) is 1. The van der Waals surface area contributed by atoms with Gasteiger partial charge >= 0.3 is 0 Å². The number of halogens is 2. The van der Waals surface area contributed by atoms with Gasteiger partial charge in [-0.15, -0.1) is 0 Å². The van der Waals surface area contributed by atoms with E-state index in [1.54, 1.807) is 6.07 Å². The number of amides is 2. The Bertz CT molecular complexity index is 832. The molecule has 0 saturated carbocycles. The number of carbonyl (C=O) groups is 2. The minimum absolute atomic E-state index is 0.0473. The largest absolute Gasteiger partial charge is 0.352 e. The Morgan fingerprint density at radius 1 is 1.14 bits per heavy atom. The molecule has 0 bridgehead atoms. The van der Waals surface area contributed by atoms with E-state index < -0.39 is 11.9 Å². The molecule has 0 aliphatic rings. The molecule has 0 saturated heterocycles. The Morgan fingerprint density at radius 2 is 1.79 bits per heavy atom. The maximum atomic E-state index is 14.2. The van der Waals surface area contributed by atoms with Crippen molar-refractivity contribution in [2.45, 2.75) is 59.2 Å². The molecule has 2 aromatic carbocycles. The molecule has 2 aromatic rings. The van der Waals surface area contributed by atoms with Crippen molar-refractivity contribution in [1.82, 2.24) is 10.2 Å². The molecule has 2 rings (SSSR count). The molecule has 0 spiro atoms. The summed E-state index contributed by atoms with van der Waals surface area (Å²) in [4.78, 5) is 27.5. The second kappa shape index (κ2) is 10.4. The number of carbonyl (C=O) groups excluding carboxylic acids is 2. The van der Waals surface area contributed by atoms with Crippen LogP contribution in [-0.4, -0.2) is 28.8 Å². The predicted molar refractivity (Wildman–Crippen MR) is 114 cm³/mol. The lowest BCUT2D eigenvalue weighted by Crippen LogP contribution is -2.50. The SMILES string of the molecule is CC[C@H](C(=O)NC(C)C)N(Cc1ccc(C)cc1)C(=O)Cc1c(F)cccc1Cl. The van der Waals surface area contributed by atoms with Gasteiger partial charge in [0, 0.05) is 23.2 Å². The maximum Gasteiger partial charge on any atom is 0.243 e. The van der Waals surface area contributed by atoms with E-state index in [0.717, 1.165) is 11.1 Å². The van der Waals surface area contributed by atoms with Crippen molar-refractivity contribution in [1.29, 1.82) is 0 Å². The molecular weight excluding hydrogens is 391 g/mol. The number of rotatable bonds is 8. The normalized spacial score (nSPS) is 12.0. The monoisotopic (exact) mass is 418 g/mol. The van der Waals surface area contributed by atoms with Crippen molar-refractivity contribution >= 4 is 23.4 Å². The van der Waals surface area contributed by atoms with Crippen LogP contribution in [0.5, 0.6) is 0 Å². The Hall–Kier alpha value is -2.40. The maximum absolute atomic E-state index is 14.2. The highest BCUT2D eigenvalue weighted by atomic mass is 35.5. The molecule has 0 aliphatic heterocycles. The zero-order chi connectivity index (χ0) is 21.6. The molecule has 1 N–H and O–H groups in total. The Kier molecular flexibility index (Phi) is 8.21. The lowest BCUT2D eigenvalue weighted by molar-refractivity contribution is -0.141. The Labute approximate surface area is 177 Å². The van der Waals surface area contributed by atoms with Crippen molar-refractivity contribution < 1.29 is 14.0 Å². The van der Waals surface area contributed by atoms with E-state index in [-0.39, 0.29) is 41.4 Å². The van der Waals surface area contributed by atoms with Crippen LogP contribution in [0.2, 0.25) is 5.02 Å². The molecule has 0 aliphatic carbocycles. The van der Waals surface area contributed by atoms with Crippen molar-refractivity contribution in [3.63, 3.8) is 0 Å². The van der Waals surface area contributed by atoms with Gasteiger partial charge in [-0.1, -0.05) is 54.4 Å². The molecule has 1 atom stereocenters. The molecule has 4 nitrogen and oxygen atoms in total. The average Bonchev–Trinajstić information content (AvgIpc) is 2.65. The fourth-order valence-corrected chi connectivity index (χ4v) is 3.37. The van der Waals surface area contributed by atoms with E-state index in [0.29, 0.717) is 6.42 Å². The van der Waals surface area contributed by atoms with Crippen molar-refractivity contribution in [3.8, 4) is 0 Å². The van der Waals surface area contributed by atoms with Crippen molar-refractivity contribution in [3.05, 3.63) is 70.0 Å². The summed E-state index contributed by atoms with van der Waals surface area (Å²) >= 11 is 6.11. The Morgan fingerprint density at radius 3 is 2.34 bits per heavy atom. The number of benzene rings is 2. The summed E-state index contributed by atoms with van der Waals surface area (Å²) in [5.41, 5.74) is 2.15. The van der Waals surface area contributed by atoms with Crippen LogP contribution in [0.4, 0.5) is 4.39 Å². The molecule has 0 radical (unpaired) electrons. The van der Waals surface area contributed by atoms with E-state index in [9.17, 15) is 14.0 Å². The number of aryl methyl sites for hydroxylation is 1. The molecule has 0 heterocycles. The highest BCUT2D eigenvalue weighted by Crippen LogP contribution is 2.22. The molecule has 6 heteroatoms. The van der Waals surface area contributed by atoms with E-state index in [4.69, 9.17) is 11.6 Å². The number of hydrogen-bond acceptors (Lipinski definition) is 2. The van der Waals surface area contributed by atoms with Gasteiger partial charge in [0.25, 0.3) is 0 Å². The minimum Gasteiger partial charge on any atom is -0.352 e. The van der Waals surface area contributed by atoms with Gasteiger partial charge in [0.2, 0.25) is 11.8 Å². The third kappa shape index (κ3) is 6.29. The van der Waals surface area contributed by atoms with Crippen LogP contribution in [-0.2, 0) is 22.6 Å². The van der Waals surface area contributed by atoms with E-state index in [2.05, 4.69) is 5.32 Å². The van der Waals surface area contributed by atoms with Crippen molar-refractivity contribution in [2.75, 3.05) is 0 Å². The summed E-state index contributed by atoms with van der Waals surface area (Å²) in [5, 5.41) is 3.08. The fraction of sp³-hybridized carbons (Fsp3) is 0.391. The van der Waals surface area contributed by atoms with Gasteiger partial charge in [-0.2, -0.15) is 0 Å².